The fraction of sp³-hybridized carbons (Fsp3) is 0.333. The first kappa shape index (κ1) is 31.0. The van der Waals surface area contributed by atoms with Crippen molar-refractivity contribution in [1.82, 2.24) is 0 Å². The van der Waals surface area contributed by atoms with Gasteiger partial charge in [0, 0.05) is 34.7 Å². The van der Waals surface area contributed by atoms with Gasteiger partial charge in [0.05, 0.1) is 19.8 Å². The van der Waals surface area contributed by atoms with Gasteiger partial charge in [-0.1, -0.05) is 18.2 Å². The van der Waals surface area contributed by atoms with E-state index < -0.39 is 41.7 Å². The van der Waals surface area contributed by atoms with Gasteiger partial charge in [-0.3, -0.25) is 4.79 Å². The summed E-state index contributed by atoms with van der Waals surface area (Å²) in [5, 5.41) is 24.4. The van der Waals surface area contributed by atoms with E-state index in [1.54, 1.807) is 58.2 Å². The zero-order valence-corrected chi connectivity index (χ0v) is 25.2. The van der Waals surface area contributed by atoms with Crippen LogP contribution in [0.4, 0.5) is 5.69 Å². The topological polar surface area (TPSA) is 146 Å². The maximum absolute atomic E-state index is 13.3. The molecule has 4 atom stereocenters. The van der Waals surface area contributed by atoms with Crippen molar-refractivity contribution in [2.75, 3.05) is 26.6 Å². The predicted molar refractivity (Wildman–Crippen MR) is 163 cm³/mol. The largest absolute Gasteiger partial charge is 0.496 e. The second-order valence-electron chi connectivity index (χ2n) is 11.0. The van der Waals surface area contributed by atoms with Crippen LogP contribution in [0.5, 0.6) is 17.2 Å². The zero-order valence-electron chi connectivity index (χ0n) is 25.2. The number of hydrogen-bond donors (Lipinski definition) is 3. The predicted octanol–water partition coefficient (Wildman–Crippen LogP) is 4.29. The van der Waals surface area contributed by atoms with Crippen molar-refractivity contribution in [3.05, 3.63) is 82.2 Å². The van der Waals surface area contributed by atoms with Gasteiger partial charge < -0.3 is 43.6 Å². The minimum absolute atomic E-state index is 0.0493. The molecule has 0 bridgehead atoms. The minimum atomic E-state index is -1.39. The lowest BCUT2D eigenvalue weighted by Crippen LogP contribution is -2.63. The average Bonchev–Trinajstić information content (AvgIpc) is 3.01. The van der Waals surface area contributed by atoms with E-state index in [0.29, 0.717) is 28.0 Å². The van der Waals surface area contributed by atoms with E-state index in [4.69, 9.17) is 28.1 Å². The minimum Gasteiger partial charge on any atom is -0.496 e. The number of amides is 1. The average molecular weight is 606 g/mol. The normalized spacial score (nSPS) is 21.1. The number of hydrogen-bond acceptors (Lipinski definition) is 10. The molecule has 4 aromatic rings. The Labute approximate surface area is 253 Å². The molecule has 11 heteroatoms. The van der Waals surface area contributed by atoms with Gasteiger partial charge in [0.1, 0.15) is 46.8 Å². The lowest BCUT2D eigenvalue weighted by molar-refractivity contribution is -0.306. The molecular formula is C33H35NO10. The molecule has 1 aromatic heterocycles. The van der Waals surface area contributed by atoms with Gasteiger partial charge in [-0.2, -0.15) is 0 Å². The lowest BCUT2D eigenvalue weighted by Gasteiger charge is -2.46. The van der Waals surface area contributed by atoms with Crippen LogP contribution in [0.25, 0.3) is 22.1 Å². The van der Waals surface area contributed by atoms with Crippen LogP contribution in [-0.4, -0.2) is 67.7 Å². The molecule has 0 radical (unpaired) electrons. The highest BCUT2D eigenvalue weighted by Crippen LogP contribution is 2.38. The molecule has 2 heterocycles. The third kappa shape index (κ3) is 5.74. The Bertz CT molecular complexity index is 1750. The highest BCUT2D eigenvalue weighted by molar-refractivity contribution is 6.06. The molecule has 1 fully saturated rings. The van der Waals surface area contributed by atoms with Gasteiger partial charge in [-0.15, -0.1) is 0 Å². The van der Waals surface area contributed by atoms with E-state index in [-0.39, 0.29) is 22.6 Å². The highest BCUT2D eigenvalue weighted by Gasteiger charge is 2.50. The zero-order chi connectivity index (χ0) is 31.8. The Hall–Kier alpha value is -4.42. The number of rotatable bonds is 8. The molecule has 0 aliphatic carbocycles. The molecule has 0 spiro atoms. The molecule has 1 aliphatic heterocycles. The molecule has 0 unspecified atom stereocenters. The van der Waals surface area contributed by atoms with Crippen molar-refractivity contribution < 1.29 is 43.1 Å². The first-order valence-corrected chi connectivity index (χ1v) is 13.9. The number of aliphatic hydroxyl groups is 2. The van der Waals surface area contributed by atoms with Crippen LogP contribution >= 0.6 is 0 Å². The quantitative estimate of drug-likeness (QED) is 0.249. The van der Waals surface area contributed by atoms with Crippen molar-refractivity contribution >= 4 is 22.6 Å². The molecule has 11 nitrogen and oxygen atoms in total. The molecule has 1 aliphatic rings. The van der Waals surface area contributed by atoms with E-state index >= 15 is 0 Å². The number of aryl methyl sites for hydroxylation is 1. The van der Waals surface area contributed by atoms with Crippen LogP contribution in [0, 0.1) is 6.92 Å². The summed E-state index contributed by atoms with van der Waals surface area (Å²) in [6.07, 6.45) is -4.63. The SMILES string of the molecule is COc1ccccc1-c1cc(C(=O)Nc2cc3ccc(O[C@@H]4OC(C)(C)[C@H](OC)[C@@H](O)[C@@H]4O)c(C)c3oc2=O)ccc1OC. The van der Waals surface area contributed by atoms with Crippen LogP contribution in [0.3, 0.4) is 0 Å². The maximum atomic E-state index is 13.3. The van der Waals surface area contributed by atoms with Gasteiger partial charge in [-0.05, 0) is 63.2 Å². The van der Waals surface area contributed by atoms with Crippen LogP contribution in [0.15, 0.2) is 69.9 Å². The molecule has 1 amide bonds. The Morgan fingerprint density at radius 3 is 2.27 bits per heavy atom. The van der Waals surface area contributed by atoms with Crippen LogP contribution in [0.1, 0.15) is 29.8 Å². The Morgan fingerprint density at radius 1 is 0.886 bits per heavy atom. The van der Waals surface area contributed by atoms with E-state index in [0.717, 1.165) is 5.56 Å². The number of nitrogens with one attached hydrogen (secondary N) is 1. The summed E-state index contributed by atoms with van der Waals surface area (Å²) >= 11 is 0. The van der Waals surface area contributed by atoms with Crippen LogP contribution in [0.2, 0.25) is 0 Å². The van der Waals surface area contributed by atoms with Crippen molar-refractivity contribution in [3.63, 3.8) is 0 Å². The molecule has 5 rings (SSSR count). The molecule has 0 saturated carbocycles. The van der Waals surface area contributed by atoms with Crippen LogP contribution in [-0.2, 0) is 9.47 Å². The Morgan fingerprint density at radius 2 is 1.57 bits per heavy atom. The van der Waals surface area contributed by atoms with Gasteiger partial charge in [0.15, 0.2) is 0 Å². The number of aliphatic hydroxyl groups excluding tert-OH is 2. The first-order valence-electron chi connectivity index (χ1n) is 13.9. The van der Waals surface area contributed by atoms with Crippen molar-refractivity contribution in [1.29, 1.82) is 0 Å². The smallest absolute Gasteiger partial charge is 0.360 e. The third-order valence-corrected chi connectivity index (χ3v) is 7.75. The second kappa shape index (κ2) is 12.3. The number of fused-ring (bicyclic) bond motifs is 1. The maximum Gasteiger partial charge on any atom is 0.360 e. The summed E-state index contributed by atoms with van der Waals surface area (Å²) in [5.74, 6) is 0.918. The van der Waals surface area contributed by atoms with Crippen molar-refractivity contribution in [2.45, 2.75) is 51.0 Å². The summed E-state index contributed by atoms with van der Waals surface area (Å²) in [6.45, 7) is 5.13. The highest BCUT2D eigenvalue weighted by atomic mass is 16.7. The Kier molecular flexibility index (Phi) is 8.66. The summed E-state index contributed by atoms with van der Waals surface area (Å²) < 4.78 is 33.8. The first-order chi connectivity index (χ1) is 21.0. The number of methoxy groups -OCH3 is 3. The fourth-order valence-corrected chi connectivity index (χ4v) is 5.47. The monoisotopic (exact) mass is 605 g/mol. The van der Waals surface area contributed by atoms with Gasteiger partial charge in [0.2, 0.25) is 6.29 Å². The summed E-state index contributed by atoms with van der Waals surface area (Å²) in [5.41, 5.74) is 0.595. The van der Waals surface area contributed by atoms with E-state index in [2.05, 4.69) is 5.32 Å². The number of carbonyl (C=O) groups excluding carboxylic acids is 1. The second-order valence-corrected chi connectivity index (χ2v) is 11.0. The molecule has 3 aromatic carbocycles. The van der Waals surface area contributed by atoms with Crippen molar-refractivity contribution in [2.24, 2.45) is 0 Å². The van der Waals surface area contributed by atoms with Gasteiger partial charge in [0.25, 0.3) is 5.91 Å². The van der Waals surface area contributed by atoms with Crippen molar-refractivity contribution in [3.8, 4) is 28.4 Å². The number of para-hydroxylation sites is 1. The number of carbonyl (C=O) groups is 1. The number of ether oxygens (including phenoxy) is 5. The third-order valence-electron chi connectivity index (χ3n) is 7.75. The van der Waals surface area contributed by atoms with E-state index in [1.165, 1.54) is 20.3 Å². The fourth-order valence-electron chi connectivity index (χ4n) is 5.47. The summed E-state index contributed by atoms with van der Waals surface area (Å²) in [4.78, 5) is 26.3. The van der Waals surface area contributed by atoms with Gasteiger partial charge in [-0.25, -0.2) is 4.79 Å². The standard InChI is InChI=1S/C33H35NO10/c1-17-23(42-32-27(36)26(35)29(41-6)33(2,3)44-32)13-11-18-16-22(31(38)43-28(17)18)34-30(37)19-12-14-25(40-5)21(15-19)20-9-7-8-10-24(20)39-4/h7-16,26-27,29,32,35-36H,1-6H3,(H,34,37)/t26-,27-,29+,32+/m0/s1. The number of anilines is 1. The van der Waals surface area contributed by atoms with Crippen LogP contribution < -0.4 is 25.2 Å². The van der Waals surface area contributed by atoms with Gasteiger partial charge >= 0.3 is 5.63 Å². The summed E-state index contributed by atoms with van der Waals surface area (Å²) in [7, 11) is 4.53. The lowest BCUT2D eigenvalue weighted by atomic mass is 9.89. The molecule has 44 heavy (non-hydrogen) atoms. The molecule has 1 saturated heterocycles. The van der Waals surface area contributed by atoms with E-state index in [1.807, 2.05) is 24.3 Å². The molecular weight excluding hydrogens is 570 g/mol. The Balaban J connectivity index is 1.41. The summed E-state index contributed by atoms with van der Waals surface area (Å²) in [6, 6.07) is 17.1. The molecule has 3 N–H and O–H groups in total. The molecule has 232 valence electrons. The number of benzene rings is 3. The van der Waals surface area contributed by atoms with E-state index in [9.17, 15) is 19.8 Å².